The van der Waals surface area contributed by atoms with E-state index in [0.29, 0.717) is 5.25 Å². The maximum Gasteiger partial charge on any atom is 0.0598 e. The predicted molar refractivity (Wildman–Crippen MR) is 78.8 cm³/mol. The van der Waals surface area contributed by atoms with Gasteiger partial charge in [0.1, 0.15) is 0 Å². The zero-order valence-corrected chi connectivity index (χ0v) is 10.9. The van der Waals surface area contributed by atoms with Crippen molar-refractivity contribution >= 4 is 26.5 Å². The lowest BCUT2D eigenvalue weighted by Gasteiger charge is -2.04. The molecule has 0 radical (unpaired) electrons. The Bertz CT molecular complexity index is 517. The van der Waals surface area contributed by atoms with Gasteiger partial charge < -0.3 is 0 Å². The molecule has 0 amide bonds. The van der Waals surface area contributed by atoms with Gasteiger partial charge in [0.25, 0.3) is 0 Å². The van der Waals surface area contributed by atoms with Crippen molar-refractivity contribution in [2.45, 2.75) is 5.25 Å². The zero-order valence-electron chi connectivity index (χ0n) is 9.24. The van der Waals surface area contributed by atoms with Crippen LogP contribution in [-0.4, -0.2) is 0 Å². The summed E-state index contributed by atoms with van der Waals surface area (Å²) >= 11 is 0. The molecule has 1 aliphatic heterocycles. The SMILES string of the molecule is C1=C(c2ccccc2)SSC1c1ccccc1. The number of rotatable bonds is 2. The molecule has 1 atom stereocenters. The molecule has 0 nitrogen and oxygen atoms in total. The van der Waals surface area contributed by atoms with Gasteiger partial charge in [-0.15, -0.1) is 0 Å². The molecule has 3 rings (SSSR count). The first-order chi connectivity index (χ1) is 8.43. The first-order valence-corrected chi connectivity index (χ1v) is 7.80. The Morgan fingerprint density at radius 2 is 1.41 bits per heavy atom. The van der Waals surface area contributed by atoms with Crippen LogP contribution >= 0.6 is 21.6 Å². The van der Waals surface area contributed by atoms with Crippen molar-refractivity contribution in [3.05, 3.63) is 77.9 Å². The molecule has 0 saturated carbocycles. The molecule has 0 aromatic heterocycles. The average molecular weight is 256 g/mol. The van der Waals surface area contributed by atoms with E-state index in [1.165, 1.54) is 16.0 Å². The van der Waals surface area contributed by atoms with Gasteiger partial charge in [0, 0.05) is 4.91 Å². The van der Waals surface area contributed by atoms with Crippen LogP contribution in [0.1, 0.15) is 16.4 Å². The van der Waals surface area contributed by atoms with Crippen molar-refractivity contribution in [3.8, 4) is 0 Å². The minimum Gasteiger partial charge on any atom is -0.0764 e. The van der Waals surface area contributed by atoms with Crippen molar-refractivity contribution in [1.29, 1.82) is 0 Å². The Balaban J connectivity index is 1.87. The van der Waals surface area contributed by atoms with Gasteiger partial charge in [-0.3, -0.25) is 0 Å². The molecule has 1 unspecified atom stereocenters. The lowest BCUT2D eigenvalue weighted by molar-refractivity contribution is 1.25. The molecule has 0 bridgehead atoms. The highest BCUT2D eigenvalue weighted by Crippen LogP contribution is 2.53. The van der Waals surface area contributed by atoms with Crippen LogP contribution in [0.25, 0.3) is 4.91 Å². The van der Waals surface area contributed by atoms with E-state index in [9.17, 15) is 0 Å². The summed E-state index contributed by atoms with van der Waals surface area (Å²) in [6.07, 6.45) is 2.36. The van der Waals surface area contributed by atoms with Crippen molar-refractivity contribution in [1.82, 2.24) is 0 Å². The molecule has 2 heteroatoms. The fourth-order valence-corrected chi connectivity index (χ4v) is 4.59. The molecule has 84 valence electrons. The van der Waals surface area contributed by atoms with Gasteiger partial charge in [-0.1, -0.05) is 88.3 Å². The summed E-state index contributed by atoms with van der Waals surface area (Å²) < 4.78 is 0. The molecule has 0 saturated heterocycles. The van der Waals surface area contributed by atoms with Gasteiger partial charge in [0.15, 0.2) is 0 Å². The summed E-state index contributed by atoms with van der Waals surface area (Å²) in [6.45, 7) is 0. The quantitative estimate of drug-likeness (QED) is 0.680. The lowest BCUT2D eigenvalue weighted by atomic mass is 10.1. The Morgan fingerprint density at radius 1 is 0.765 bits per heavy atom. The Hall–Kier alpha value is -1.12. The van der Waals surface area contributed by atoms with Gasteiger partial charge in [-0.2, -0.15) is 0 Å². The number of hydrogen-bond acceptors (Lipinski definition) is 2. The van der Waals surface area contributed by atoms with Gasteiger partial charge in [0.05, 0.1) is 5.25 Å². The monoisotopic (exact) mass is 256 g/mol. The predicted octanol–water partition coefficient (Wildman–Crippen LogP) is 5.16. The van der Waals surface area contributed by atoms with Crippen LogP contribution in [0.15, 0.2) is 66.7 Å². The first kappa shape index (κ1) is 11.0. The molecule has 1 aliphatic rings. The smallest absolute Gasteiger partial charge is 0.0598 e. The molecule has 0 spiro atoms. The maximum atomic E-state index is 2.36. The lowest BCUT2D eigenvalue weighted by Crippen LogP contribution is -1.84. The maximum absolute atomic E-state index is 2.36. The second-order valence-electron chi connectivity index (χ2n) is 3.91. The van der Waals surface area contributed by atoms with Crippen molar-refractivity contribution in [2.75, 3.05) is 0 Å². The third-order valence-corrected chi connectivity index (χ3v) is 5.44. The summed E-state index contributed by atoms with van der Waals surface area (Å²) in [6, 6.07) is 21.3. The molecule has 17 heavy (non-hydrogen) atoms. The summed E-state index contributed by atoms with van der Waals surface area (Å²) in [7, 11) is 3.80. The van der Waals surface area contributed by atoms with Gasteiger partial charge >= 0.3 is 0 Å². The Morgan fingerprint density at radius 3 is 2.12 bits per heavy atom. The number of hydrogen-bond donors (Lipinski definition) is 0. The summed E-state index contributed by atoms with van der Waals surface area (Å²) in [5, 5.41) is 0.483. The third-order valence-electron chi connectivity index (χ3n) is 2.73. The Labute approximate surface area is 110 Å². The minimum absolute atomic E-state index is 0.483. The minimum atomic E-state index is 0.483. The molecule has 0 aliphatic carbocycles. The highest BCUT2D eigenvalue weighted by Gasteiger charge is 2.19. The van der Waals surface area contributed by atoms with Crippen LogP contribution in [0.2, 0.25) is 0 Å². The van der Waals surface area contributed by atoms with Crippen LogP contribution in [0.4, 0.5) is 0 Å². The molecule has 2 aromatic rings. The topological polar surface area (TPSA) is 0 Å². The second kappa shape index (κ2) is 5.03. The molecular formula is C15H12S2. The van der Waals surface area contributed by atoms with E-state index in [4.69, 9.17) is 0 Å². The van der Waals surface area contributed by atoms with Crippen LogP contribution in [0, 0.1) is 0 Å². The standard InChI is InChI=1S/C15H12S2/c1-3-7-12(8-4-1)14-11-15(17-16-14)13-9-5-2-6-10-13/h1-11,14H. The van der Waals surface area contributed by atoms with E-state index in [-0.39, 0.29) is 0 Å². The van der Waals surface area contributed by atoms with Crippen LogP contribution in [0.5, 0.6) is 0 Å². The van der Waals surface area contributed by atoms with Crippen LogP contribution < -0.4 is 0 Å². The van der Waals surface area contributed by atoms with Crippen molar-refractivity contribution in [3.63, 3.8) is 0 Å². The zero-order chi connectivity index (χ0) is 11.5. The van der Waals surface area contributed by atoms with Crippen molar-refractivity contribution in [2.24, 2.45) is 0 Å². The van der Waals surface area contributed by atoms with E-state index >= 15 is 0 Å². The third kappa shape index (κ3) is 2.43. The van der Waals surface area contributed by atoms with E-state index in [2.05, 4.69) is 66.7 Å². The second-order valence-corrected chi connectivity index (χ2v) is 6.29. The van der Waals surface area contributed by atoms with E-state index in [1.807, 2.05) is 21.6 Å². The molecule has 1 heterocycles. The van der Waals surface area contributed by atoms with Gasteiger partial charge in [0.2, 0.25) is 0 Å². The van der Waals surface area contributed by atoms with Crippen LogP contribution in [-0.2, 0) is 0 Å². The largest absolute Gasteiger partial charge is 0.0764 e. The average Bonchev–Trinajstić information content (AvgIpc) is 2.90. The van der Waals surface area contributed by atoms with Crippen molar-refractivity contribution < 1.29 is 0 Å². The van der Waals surface area contributed by atoms with Gasteiger partial charge in [-0.25, -0.2) is 0 Å². The first-order valence-electron chi connectivity index (χ1n) is 5.59. The fraction of sp³-hybridized carbons (Fsp3) is 0.0667. The fourth-order valence-electron chi connectivity index (χ4n) is 1.84. The van der Waals surface area contributed by atoms with E-state index in [1.54, 1.807) is 0 Å². The molecular weight excluding hydrogens is 244 g/mol. The number of benzene rings is 2. The molecule has 0 fully saturated rings. The van der Waals surface area contributed by atoms with Gasteiger partial charge in [-0.05, 0) is 11.1 Å². The van der Waals surface area contributed by atoms with Crippen LogP contribution in [0.3, 0.4) is 0 Å². The van der Waals surface area contributed by atoms with E-state index < -0.39 is 0 Å². The normalized spacial score (nSPS) is 19.1. The molecule has 0 N–H and O–H groups in total. The Kier molecular flexibility index (Phi) is 3.25. The summed E-state index contributed by atoms with van der Waals surface area (Å²) in [5.41, 5.74) is 2.71. The summed E-state index contributed by atoms with van der Waals surface area (Å²) in [5.74, 6) is 0. The summed E-state index contributed by atoms with van der Waals surface area (Å²) in [4.78, 5) is 1.38. The molecule has 2 aromatic carbocycles. The highest BCUT2D eigenvalue weighted by atomic mass is 33.1. The van der Waals surface area contributed by atoms with E-state index in [0.717, 1.165) is 0 Å². The highest BCUT2D eigenvalue weighted by molar-refractivity contribution is 8.80.